The first-order chi connectivity index (χ1) is 9.69. The third kappa shape index (κ3) is 3.54. The van der Waals surface area contributed by atoms with Crippen LogP contribution in [-0.2, 0) is 10.0 Å². The summed E-state index contributed by atoms with van der Waals surface area (Å²) >= 11 is 3.38. The molecule has 0 atom stereocenters. The number of aromatic nitrogens is 1. The number of carbonyl (C=O) groups is 1. The van der Waals surface area contributed by atoms with Crippen LogP contribution in [0.25, 0.3) is 5.69 Å². The molecule has 1 N–H and O–H groups in total. The number of sulfonamides is 1. The van der Waals surface area contributed by atoms with Crippen molar-refractivity contribution in [3.8, 4) is 5.69 Å². The van der Waals surface area contributed by atoms with Gasteiger partial charge in [0.1, 0.15) is 0 Å². The van der Waals surface area contributed by atoms with E-state index >= 15 is 0 Å². The molecule has 112 valence electrons. The number of aryl methyl sites for hydroxylation is 2. The number of nitrogens with zero attached hydrogens (tertiary/aromatic N) is 1. The minimum Gasteiger partial charge on any atom is -0.318 e. The van der Waals surface area contributed by atoms with Crippen molar-refractivity contribution in [1.29, 1.82) is 0 Å². The van der Waals surface area contributed by atoms with E-state index < -0.39 is 15.9 Å². The Morgan fingerprint density at radius 3 is 2.24 bits per heavy atom. The Hall–Kier alpha value is -1.60. The summed E-state index contributed by atoms with van der Waals surface area (Å²) in [4.78, 5) is 12.2. The third-order valence-corrected chi connectivity index (χ3v) is 4.04. The van der Waals surface area contributed by atoms with Gasteiger partial charge in [-0.15, -0.1) is 0 Å². The molecule has 0 aliphatic heterocycles. The summed E-state index contributed by atoms with van der Waals surface area (Å²) in [5, 5.41) is 0. The van der Waals surface area contributed by atoms with E-state index in [0.717, 1.165) is 22.1 Å². The van der Waals surface area contributed by atoms with E-state index in [0.29, 0.717) is 11.3 Å². The van der Waals surface area contributed by atoms with Gasteiger partial charge in [0, 0.05) is 15.9 Å². The van der Waals surface area contributed by atoms with E-state index in [9.17, 15) is 13.2 Å². The van der Waals surface area contributed by atoms with Crippen LogP contribution < -0.4 is 4.72 Å². The molecule has 0 fully saturated rings. The molecule has 21 heavy (non-hydrogen) atoms. The lowest BCUT2D eigenvalue weighted by molar-refractivity contribution is 0.0981. The Morgan fingerprint density at radius 2 is 1.71 bits per heavy atom. The molecular weight excluding hydrogens is 356 g/mol. The first kappa shape index (κ1) is 15.8. The number of nitrogens with one attached hydrogen (secondary N) is 1. The summed E-state index contributed by atoms with van der Waals surface area (Å²) in [6.45, 7) is 3.85. The number of hydrogen-bond acceptors (Lipinski definition) is 3. The van der Waals surface area contributed by atoms with Gasteiger partial charge in [0.05, 0.1) is 17.5 Å². The molecule has 0 saturated carbocycles. The number of halogens is 1. The molecule has 2 aromatic rings. The topological polar surface area (TPSA) is 68.2 Å². The van der Waals surface area contributed by atoms with Gasteiger partial charge in [0.2, 0.25) is 10.0 Å². The summed E-state index contributed by atoms with van der Waals surface area (Å²) in [5.74, 6) is -0.646. The fraction of sp³-hybridized carbons (Fsp3) is 0.214. The minimum atomic E-state index is -3.61. The Bertz CT molecular complexity index is 790. The van der Waals surface area contributed by atoms with Gasteiger partial charge in [-0.1, -0.05) is 15.9 Å². The van der Waals surface area contributed by atoms with Crippen molar-refractivity contribution in [2.75, 3.05) is 6.26 Å². The van der Waals surface area contributed by atoms with Crippen LogP contribution in [-0.4, -0.2) is 25.1 Å². The van der Waals surface area contributed by atoms with Crippen molar-refractivity contribution in [3.05, 3.63) is 51.8 Å². The number of carbonyl (C=O) groups excluding carboxylic acids is 1. The molecule has 0 bridgehead atoms. The molecule has 1 heterocycles. The average Bonchev–Trinajstić information content (AvgIpc) is 2.66. The molecule has 0 aliphatic carbocycles. The Balaban J connectivity index is 2.61. The van der Waals surface area contributed by atoms with E-state index in [-0.39, 0.29) is 0 Å². The molecule has 2 rings (SSSR count). The van der Waals surface area contributed by atoms with Crippen LogP contribution >= 0.6 is 15.9 Å². The van der Waals surface area contributed by atoms with Gasteiger partial charge in [0.15, 0.2) is 0 Å². The first-order valence-electron chi connectivity index (χ1n) is 6.16. The van der Waals surface area contributed by atoms with Gasteiger partial charge < -0.3 is 4.57 Å². The molecule has 1 amide bonds. The molecule has 7 heteroatoms. The van der Waals surface area contributed by atoms with Crippen molar-refractivity contribution >= 4 is 31.9 Å². The zero-order chi connectivity index (χ0) is 15.8. The lowest BCUT2D eigenvalue weighted by Gasteiger charge is -2.15. The maximum absolute atomic E-state index is 12.2. The molecular formula is C14H15BrN2O3S. The number of amides is 1. The third-order valence-electron chi connectivity index (χ3n) is 2.99. The highest BCUT2D eigenvalue weighted by atomic mass is 79.9. The lowest BCUT2D eigenvalue weighted by Crippen LogP contribution is -2.30. The van der Waals surface area contributed by atoms with Gasteiger partial charge in [-0.3, -0.25) is 4.79 Å². The molecule has 0 radical (unpaired) electrons. The van der Waals surface area contributed by atoms with Gasteiger partial charge >= 0.3 is 0 Å². The molecule has 1 aromatic heterocycles. The highest BCUT2D eigenvalue weighted by Gasteiger charge is 2.18. The van der Waals surface area contributed by atoms with Gasteiger partial charge in [0.25, 0.3) is 5.91 Å². The zero-order valence-corrected chi connectivity index (χ0v) is 14.2. The first-order valence-corrected chi connectivity index (χ1v) is 8.84. The second-order valence-electron chi connectivity index (χ2n) is 4.82. The van der Waals surface area contributed by atoms with Crippen LogP contribution in [0.3, 0.4) is 0 Å². The summed E-state index contributed by atoms with van der Waals surface area (Å²) in [7, 11) is -3.61. The van der Waals surface area contributed by atoms with Crippen molar-refractivity contribution in [2.24, 2.45) is 0 Å². The lowest BCUT2D eigenvalue weighted by atomic mass is 10.1. The SMILES string of the molecule is Cc1ccc(C)n1-c1cc(Br)ccc1C(=O)NS(C)(=O)=O. The fourth-order valence-electron chi connectivity index (χ4n) is 2.15. The summed E-state index contributed by atoms with van der Waals surface area (Å²) in [5.41, 5.74) is 2.84. The fourth-order valence-corrected chi connectivity index (χ4v) is 2.95. The van der Waals surface area contributed by atoms with E-state index in [1.807, 2.05) is 35.3 Å². The van der Waals surface area contributed by atoms with Crippen LogP contribution in [0.2, 0.25) is 0 Å². The standard InChI is InChI=1S/C14H15BrN2O3S/c1-9-4-5-10(2)17(9)13-8-11(15)6-7-12(13)14(18)16-21(3,19)20/h4-8H,1-3H3,(H,16,18). The average molecular weight is 371 g/mol. The summed E-state index contributed by atoms with van der Waals surface area (Å²) in [6, 6.07) is 8.97. The monoisotopic (exact) mass is 370 g/mol. The minimum absolute atomic E-state index is 0.297. The van der Waals surface area contributed by atoms with Crippen LogP contribution in [0.15, 0.2) is 34.8 Å². The summed E-state index contributed by atoms with van der Waals surface area (Å²) in [6.07, 6.45) is 0.954. The van der Waals surface area contributed by atoms with E-state index in [1.54, 1.807) is 18.2 Å². The van der Waals surface area contributed by atoms with Crippen LogP contribution in [0, 0.1) is 13.8 Å². The van der Waals surface area contributed by atoms with Crippen molar-refractivity contribution in [3.63, 3.8) is 0 Å². The maximum atomic E-state index is 12.2. The second-order valence-corrected chi connectivity index (χ2v) is 7.48. The predicted molar refractivity (Wildman–Crippen MR) is 85.3 cm³/mol. The predicted octanol–water partition coefficient (Wildman–Crippen LogP) is 2.55. The normalized spacial score (nSPS) is 11.4. The molecule has 0 unspecified atom stereocenters. The molecule has 0 saturated heterocycles. The van der Waals surface area contributed by atoms with E-state index in [1.165, 1.54) is 0 Å². The molecule has 0 spiro atoms. The molecule has 0 aliphatic rings. The van der Waals surface area contributed by atoms with Gasteiger partial charge in [-0.2, -0.15) is 0 Å². The smallest absolute Gasteiger partial charge is 0.266 e. The number of benzene rings is 1. The highest BCUT2D eigenvalue weighted by Crippen LogP contribution is 2.24. The van der Waals surface area contributed by atoms with E-state index in [2.05, 4.69) is 15.9 Å². The van der Waals surface area contributed by atoms with Gasteiger partial charge in [-0.25, -0.2) is 13.1 Å². The van der Waals surface area contributed by atoms with E-state index in [4.69, 9.17) is 0 Å². The highest BCUT2D eigenvalue weighted by molar-refractivity contribution is 9.10. The maximum Gasteiger partial charge on any atom is 0.266 e. The molecule has 1 aromatic carbocycles. The Kier molecular flexibility index (Phi) is 4.25. The second kappa shape index (κ2) is 5.65. The van der Waals surface area contributed by atoms with Crippen LogP contribution in [0.5, 0.6) is 0 Å². The summed E-state index contributed by atoms with van der Waals surface area (Å²) < 4.78 is 27.2. The van der Waals surface area contributed by atoms with Gasteiger partial charge in [-0.05, 0) is 44.2 Å². The van der Waals surface area contributed by atoms with Crippen molar-refractivity contribution in [1.82, 2.24) is 9.29 Å². The Labute approximate surface area is 132 Å². The molecule has 5 nitrogen and oxygen atoms in total. The van der Waals surface area contributed by atoms with Crippen LogP contribution in [0.1, 0.15) is 21.7 Å². The Morgan fingerprint density at radius 1 is 1.14 bits per heavy atom. The zero-order valence-electron chi connectivity index (χ0n) is 11.8. The van der Waals surface area contributed by atoms with Crippen LogP contribution in [0.4, 0.5) is 0 Å². The van der Waals surface area contributed by atoms with Crippen molar-refractivity contribution in [2.45, 2.75) is 13.8 Å². The van der Waals surface area contributed by atoms with Crippen molar-refractivity contribution < 1.29 is 13.2 Å². The number of rotatable bonds is 3. The largest absolute Gasteiger partial charge is 0.318 e. The number of hydrogen-bond donors (Lipinski definition) is 1. The quantitative estimate of drug-likeness (QED) is 0.902.